The van der Waals surface area contributed by atoms with Crippen LogP contribution in [0.2, 0.25) is 0 Å². The Morgan fingerprint density at radius 2 is 2.12 bits per heavy atom. The third-order valence-corrected chi connectivity index (χ3v) is 4.52. The summed E-state index contributed by atoms with van der Waals surface area (Å²) in [7, 11) is 0. The number of carboxylic acids is 1. The summed E-state index contributed by atoms with van der Waals surface area (Å²) in [5.41, 5.74) is 3.26. The molecule has 3 rings (SSSR count). The van der Waals surface area contributed by atoms with Gasteiger partial charge in [0.1, 0.15) is 5.75 Å². The zero-order chi connectivity index (χ0) is 17.1. The van der Waals surface area contributed by atoms with Gasteiger partial charge in [-0.05, 0) is 43.4 Å². The number of aromatic carboxylic acids is 1. The molecule has 0 aliphatic heterocycles. The summed E-state index contributed by atoms with van der Waals surface area (Å²) in [4.78, 5) is 11.5. The Morgan fingerprint density at radius 1 is 1.38 bits per heavy atom. The van der Waals surface area contributed by atoms with Crippen LogP contribution in [0.25, 0.3) is 0 Å². The van der Waals surface area contributed by atoms with Crippen LogP contribution in [0.5, 0.6) is 5.75 Å². The van der Waals surface area contributed by atoms with Crippen molar-refractivity contribution in [2.45, 2.75) is 51.7 Å². The molecule has 128 valence electrons. The monoisotopic (exact) mass is 329 g/mol. The van der Waals surface area contributed by atoms with Gasteiger partial charge in [-0.3, -0.25) is 4.68 Å². The van der Waals surface area contributed by atoms with Gasteiger partial charge in [0.2, 0.25) is 0 Å². The molecular weight excluding hydrogens is 306 g/mol. The van der Waals surface area contributed by atoms with E-state index in [2.05, 4.69) is 17.3 Å². The first-order valence-corrected chi connectivity index (χ1v) is 8.41. The number of rotatable bonds is 6. The highest BCUT2D eigenvalue weighted by molar-refractivity contribution is 5.87. The number of phenols is 1. The van der Waals surface area contributed by atoms with Crippen molar-refractivity contribution in [1.29, 1.82) is 0 Å². The van der Waals surface area contributed by atoms with Crippen LogP contribution in [-0.2, 0) is 25.9 Å². The highest BCUT2D eigenvalue weighted by Gasteiger charge is 2.28. The van der Waals surface area contributed by atoms with Gasteiger partial charge in [-0.15, -0.1) is 0 Å². The number of nitrogens with zero attached hydrogens (tertiary/aromatic N) is 2. The summed E-state index contributed by atoms with van der Waals surface area (Å²) in [6, 6.07) is 7.36. The molecule has 3 N–H and O–H groups in total. The van der Waals surface area contributed by atoms with Gasteiger partial charge in [-0.1, -0.05) is 19.1 Å². The first-order chi connectivity index (χ1) is 11.6. The molecule has 24 heavy (non-hydrogen) atoms. The van der Waals surface area contributed by atoms with E-state index in [4.69, 9.17) is 0 Å². The number of aromatic nitrogens is 2. The van der Waals surface area contributed by atoms with Crippen LogP contribution >= 0.6 is 0 Å². The smallest absolute Gasteiger partial charge is 0.356 e. The summed E-state index contributed by atoms with van der Waals surface area (Å²) < 4.78 is 1.87. The number of hydrogen-bond acceptors (Lipinski definition) is 4. The Hall–Kier alpha value is -2.34. The van der Waals surface area contributed by atoms with Crippen LogP contribution in [0.3, 0.4) is 0 Å². The maximum Gasteiger partial charge on any atom is 0.356 e. The van der Waals surface area contributed by atoms with Crippen molar-refractivity contribution in [2.75, 3.05) is 0 Å². The van der Waals surface area contributed by atoms with Crippen molar-refractivity contribution in [1.82, 2.24) is 15.1 Å². The second kappa shape index (κ2) is 7.05. The number of carbonyl (C=O) groups is 1. The van der Waals surface area contributed by atoms with E-state index in [1.165, 1.54) is 0 Å². The van der Waals surface area contributed by atoms with E-state index in [1.807, 2.05) is 16.8 Å². The fraction of sp³-hybridized carbons (Fsp3) is 0.444. The van der Waals surface area contributed by atoms with E-state index >= 15 is 0 Å². The summed E-state index contributed by atoms with van der Waals surface area (Å²) in [6.45, 7) is 3.53. The first-order valence-electron chi connectivity index (χ1n) is 8.41. The molecule has 0 unspecified atom stereocenters. The number of aromatic hydroxyl groups is 1. The fourth-order valence-corrected chi connectivity index (χ4v) is 3.31. The average molecular weight is 329 g/mol. The Balaban J connectivity index is 1.71. The van der Waals surface area contributed by atoms with Crippen LogP contribution in [0, 0.1) is 0 Å². The number of carboxylic acid groups (broad SMARTS) is 1. The molecule has 0 amide bonds. The predicted molar refractivity (Wildman–Crippen MR) is 90.2 cm³/mol. The van der Waals surface area contributed by atoms with Crippen molar-refractivity contribution in [2.24, 2.45) is 0 Å². The molecule has 0 bridgehead atoms. The third kappa shape index (κ3) is 3.43. The van der Waals surface area contributed by atoms with E-state index in [1.54, 1.807) is 12.1 Å². The van der Waals surface area contributed by atoms with Crippen molar-refractivity contribution in [3.05, 3.63) is 46.8 Å². The van der Waals surface area contributed by atoms with Crippen LogP contribution in [-0.4, -0.2) is 32.0 Å². The highest BCUT2D eigenvalue weighted by Crippen LogP contribution is 2.25. The molecule has 1 aliphatic rings. The zero-order valence-electron chi connectivity index (χ0n) is 13.8. The van der Waals surface area contributed by atoms with Gasteiger partial charge in [-0.2, -0.15) is 5.10 Å². The van der Waals surface area contributed by atoms with Gasteiger partial charge in [-0.25, -0.2) is 4.79 Å². The van der Waals surface area contributed by atoms with E-state index in [0.717, 1.165) is 42.6 Å². The SMILES string of the molecule is CCCn1nc(C(=O)O)c2c1CC[C@@H](NCc1ccc(O)cc1)C2. The van der Waals surface area contributed by atoms with Gasteiger partial charge < -0.3 is 15.5 Å². The van der Waals surface area contributed by atoms with Gasteiger partial charge in [0.15, 0.2) is 5.69 Å². The van der Waals surface area contributed by atoms with Crippen molar-refractivity contribution >= 4 is 5.97 Å². The molecule has 0 fully saturated rings. The summed E-state index contributed by atoms with van der Waals surface area (Å²) in [5.74, 6) is -0.684. The van der Waals surface area contributed by atoms with E-state index in [0.29, 0.717) is 13.0 Å². The number of fused-ring (bicyclic) bond motifs is 1. The number of aryl methyl sites for hydroxylation is 1. The molecule has 0 spiro atoms. The second-order valence-corrected chi connectivity index (χ2v) is 6.29. The van der Waals surface area contributed by atoms with Crippen LogP contribution in [0.1, 0.15) is 47.1 Å². The molecule has 1 aromatic heterocycles. The van der Waals surface area contributed by atoms with Gasteiger partial charge >= 0.3 is 5.97 Å². The molecule has 1 heterocycles. The van der Waals surface area contributed by atoms with Gasteiger partial charge in [0.25, 0.3) is 0 Å². The van der Waals surface area contributed by atoms with E-state index < -0.39 is 5.97 Å². The second-order valence-electron chi connectivity index (χ2n) is 6.29. The fourth-order valence-electron chi connectivity index (χ4n) is 3.31. The highest BCUT2D eigenvalue weighted by atomic mass is 16.4. The van der Waals surface area contributed by atoms with Gasteiger partial charge in [0.05, 0.1) is 0 Å². The number of nitrogens with one attached hydrogen (secondary N) is 1. The van der Waals surface area contributed by atoms with Crippen LogP contribution < -0.4 is 5.32 Å². The average Bonchev–Trinajstić information content (AvgIpc) is 2.93. The van der Waals surface area contributed by atoms with Crippen molar-refractivity contribution in [3.8, 4) is 5.75 Å². The lowest BCUT2D eigenvalue weighted by atomic mass is 9.91. The lowest BCUT2D eigenvalue weighted by Gasteiger charge is -2.24. The van der Waals surface area contributed by atoms with E-state index in [9.17, 15) is 15.0 Å². The Morgan fingerprint density at radius 3 is 2.79 bits per heavy atom. The van der Waals surface area contributed by atoms with Crippen molar-refractivity contribution in [3.63, 3.8) is 0 Å². The molecule has 2 aromatic rings. The van der Waals surface area contributed by atoms with Crippen LogP contribution in [0.15, 0.2) is 24.3 Å². The summed E-state index contributed by atoms with van der Waals surface area (Å²) in [6.07, 6.45) is 3.46. The number of hydrogen-bond donors (Lipinski definition) is 3. The lowest BCUT2D eigenvalue weighted by Crippen LogP contribution is -2.34. The minimum atomic E-state index is -0.944. The molecule has 0 saturated carbocycles. The molecule has 6 heteroatoms. The van der Waals surface area contributed by atoms with Crippen LogP contribution in [0.4, 0.5) is 0 Å². The summed E-state index contributed by atoms with van der Waals surface area (Å²) >= 11 is 0. The quantitative estimate of drug-likeness (QED) is 0.757. The molecule has 0 saturated heterocycles. The number of benzene rings is 1. The van der Waals surface area contributed by atoms with E-state index in [-0.39, 0.29) is 17.5 Å². The molecule has 1 aliphatic carbocycles. The normalized spacial score (nSPS) is 16.8. The summed E-state index contributed by atoms with van der Waals surface area (Å²) in [5, 5.41) is 26.5. The molecule has 6 nitrogen and oxygen atoms in total. The molecule has 1 aromatic carbocycles. The molecule has 0 radical (unpaired) electrons. The Bertz CT molecular complexity index is 722. The minimum Gasteiger partial charge on any atom is -0.508 e. The molecular formula is C18H23N3O3. The minimum absolute atomic E-state index is 0.203. The standard InChI is InChI=1S/C18H23N3O3/c1-2-9-21-16-8-5-13(10-15(16)17(20-21)18(23)24)19-11-12-3-6-14(22)7-4-12/h3-4,6-7,13,19,22H,2,5,8-11H2,1H3,(H,23,24)/t13-/m1/s1. The van der Waals surface area contributed by atoms with Gasteiger partial charge in [0, 0.05) is 30.4 Å². The lowest BCUT2D eigenvalue weighted by molar-refractivity contribution is 0.0688. The van der Waals surface area contributed by atoms with Crippen molar-refractivity contribution < 1.29 is 15.0 Å². The Labute approximate surface area is 141 Å². The molecule has 1 atom stereocenters. The maximum absolute atomic E-state index is 11.5. The first kappa shape index (κ1) is 16.5. The predicted octanol–water partition coefficient (Wildman–Crippen LogP) is 2.34. The number of phenolic OH excluding ortho intramolecular Hbond substituents is 1. The topological polar surface area (TPSA) is 87.4 Å². The Kier molecular flexibility index (Phi) is 4.85. The maximum atomic E-state index is 11.5. The zero-order valence-corrected chi connectivity index (χ0v) is 13.8. The largest absolute Gasteiger partial charge is 0.508 e. The third-order valence-electron chi connectivity index (χ3n) is 4.52.